The van der Waals surface area contributed by atoms with Crippen LogP contribution < -0.4 is 15.2 Å². The molecule has 2 aromatic carbocycles. The van der Waals surface area contributed by atoms with Gasteiger partial charge in [0, 0.05) is 6.08 Å². The predicted molar refractivity (Wildman–Crippen MR) is 86.7 cm³/mol. The smallest absolute Gasteiger partial charge is 0.241 e. The molecule has 0 aliphatic heterocycles. The van der Waals surface area contributed by atoms with E-state index in [-0.39, 0.29) is 0 Å². The molecule has 0 radical (unpaired) electrons. The summed E-state index contributed by atoms with van der Waals surface area (Å²) in [6, 6.07) is 13.6. The quantitative estimate of drug-likeness (QED) is 0.833. The highest BCUT2D eigenvalue weighted by Crippen LogP contribution is 2.29. The molecular weight excluding hydrogens is 278 g/mol. The van der Waals surface area contributed by atoms with Gasteiger partial charge in [-0.2, -0.15) is 0 Å². The topological polar surface area (TPSA) is 61.5 Å². The Morgan fingerprint density at radius 3 is 2.68 bits per heavy atom. The van der Waals surface area contributed by atoms with Crippen molar-refractivity contribution >= 4 is 12.0 Å². The number of carbonyl (C=O) groups is 1. The molecule has 0 saturated heterocycles. The number of nitrogens with two attached hydrogens (primary N) is 1. The van der Waals surface area contributed by atoms with Crippen LogP contribution >= 0.6 is 0 Å². The number of benzene rings is 2. The van der Waals surface area contributed by atoms with Gasteiger partial charge in [-0.15, -0.1) is 0 Å². The molecule has 0 aliphatic rings. The molecule has 0 heterocycles. The van der Waals surface area contributed by atoms with E-state index >= 15 is 0 Å². The Labute approximate surface area is 130 Å². The van der Waals surface area contributed by atoms with E-state index in [2.05, 4.69) is 6.07 Å². The summed E-state index contributed by atoms with van der Waals surface area (Å²) in [4.78, 5) is 10.8. The third kappa shape index (κ3) is 4.38. The van der Waals surface area contributed by atoms with Crippen LogP contribution in [-0.2, 0) is 11.4 Å². The minimum atomic E-state index is -0.487. The van der Waals surface area contributed by atoms with E-state index in [4.69, 9.17) is 15.2 Å². The standard InChI is InChI=1S/C18H19NO3/c1-13-4-3-5-15(10-13)12-22-16-8-6-14(7-9-18(19)20)11-17(16)21-2/h3-11H,12H2,1-2H3,(H2,19,20). The van der Waals surface area contributed by atoms with E-state index in [1.54, 1.807) is 19.3 Å². The zero-order valence-electron chi connectivity index (χ0n) is 12.7. The summed E-state index contributed by atoms with van der Waals surface area (Å²) in [5, 5.41) is 0. The molecule has 2 rings (SSSR count). The zero-order chi connectivity index (χ0) is 15.9. The fourth-order valence-corrected chi connectivity index (χ4v) is 2.05. The number of rotatable bonds is 6. The van der Waals surface area contributed by atoms with Crippen LogP contribution in [0, 0.1) is 6.92 Å². The Balaban J connectivity index is 2.12. The van der Waals surface area contributed by atoms with Gasteiger partial charge in [0.2, 0.25) is 5.91 Å². The largest absolute Gasteiger partial charge is 0.493 e. The van der Waals surface area contributed by atoms with E-state index in [1.165, 1.54) is 11.6 Å². The van der Waals surface area contributed by atoms with Crippen molar-refractivity contribution in [2.45, 2.75) is 13.5 Å². The molecule has 0 bridgehead atoms. The molecule has 0 unspecified atom stereocenters. The predicted octanol–water partition coefficient (Wildman–Crippen LogP) is 3.08. The fraction of sp³-hybridized carbons (Fsp3) is 0.167. The Morgan fingerprint density at radius 1 is 1.18 bits per heavy atom. The van der Waals surface area contributed by atoms with Gasteiger partial charge in [-0.1, -0.05) is 35.9 Å². The van der Waals surface area contributed by atoms with Crippen molar-refractivity contribution in [1.29, 1.82) is 0 Å². The highest BCUT2D eigenvalue weighted by Gasteiger charge is 2.05. The summed E-state index contributed by atoms with van der Waals surface area (Å²) in [5.74, 6) is 0.776. The lowest BCUT2D eigenvalue weighted by atomic mass is 10.1. The maximum atomic E-state index is 10.8. The van der Waals surface area contributed by atoms with E-state index in [0.29, 0.717) is 18.1 Å². The van der Waals surface area contributed by atoms with E-state index in [9.17, 15) is 4.79 Å². The maximum Gasteiger partial charge on any atom is 0.241 e. The number of amides is 1. The van der Waals surface area contributed by atoms with Gasteiger partial charge in [-0.05, 0) is 36.3 Å². The minimum absolute atomic E-state index is 0.467. The van der Waals surface area contributed by atoms with Gasteiger partial charge < -0.3 is 15.2 Å². The number of ether oxygens (including phenoxy) is 2. The van der Waals surface area contributed by atoms with Crippen LogP contribution in [-0.4, -0.2) is 13.0 Å². The summed E-state index contributed by atoms with van der Waals surface area (Å²) >= 11 is 0. The normalized spacial score (nSPS) is 10.6. The molecule has 114 valence electrons. The molecule has 0 fully saturated rings. The highest BCUT2D eigenvalue weighted by molar-refractivity contribution is 5.90. The molecule has 4 nitrogen and oxygen atoms in total. The third-order valence-corrected chi connectivity index (χ3v) is 3.10. The molecule has 1 amide bonds. The molecule has 0 atom stereocenters. The molecule has 4 heteroatoms. The van der Waals surface area contributed by atoms with Crippen LogP contribution in [0.5, 0.6) is 11.5 Å². The van der Waals surface area contributed by atoms with Gasteiger partial charge in [0.15, 0.2) is 11.5 Å². The Bertz CT molecular complexity index is 692. The first-order valence-electron chi connectivity index (χ1n) is 6.92. The SMILES string of the molecule is COc1cc(C=CC(N)=O)ccc1OCc1cccc(C)c1. The molecule has 0 saturated carbocycles. The maximum absolute atomic E-state index is 10.8. The molecule has 0 aromatic heterocycles. The summed E-state index contributed by atoms with van der Waals surface area (Å²) in [7, 11) is 1.58. The summed E-state index contributed by atoms with van der Waals surface area (Å²) in [5.41, 5.74) is 8.19. The van der Waals surface area contributed by atoms with E-state index in [1.807, 2.05) is 37.3 Å². The molecule has 22 heavy (non-hydrogen) atoms. The van der Waals surface area contributed by atoms with Gasteiger partial charge in [0.05, 0.1) is 7.11 Å². The van der Waals surface area contributed by atoms with Crippen molar-refractivity contribution in [3.63, 3.8) is 0 Å². The number of aryl methyl sites for hydroxylation is 1. The van der Waals surface area contributed by atoms with E-state index in [0.717, 1.165) is 11.1 Å². The van der Waals surface area contributed by atoms with Crippen LogP contribution in [0.2, 0.25) is 0 Å². The number of hydrogen-bond acceptors (Lipinski definition) is 3. The third-order valence-electron chi connectivity index (χ3n) is 3.10. The Kier molecular flexibility index (Phi) is 5.20. The average molecular weight is 297 g/mol. The Morgan fingerprint density at radius 2 is 2.00 bits per heavy atom. The lowest BCUT2D eigenvalue weighted by molar-refractivity contribution is -0.113. The summed E-state index contributed by atoms with van der Waals surface area (Å²) in [6.45, 7) is 2.51. The number of carbonyl (C=O) groups excluding carboxylic acids is 1. The van der Waals surface area contributed by atoms with Crippen molar-refractivity contribution in [2.75, 3.05) is 7.11 Å². The number of hydrogen-bond donors (Lipinski definition) is 1. The van der Waals surface area contributed by atoms with Crippen molar-refractivity contribution in [1.82, 2.24) is 0 Å². The molecule has 2 N–H and O–H groups in total. The van der Waals surface area contributed by atoms with Gasteiger partial charge in [-0.25, -0.2) is 0 Å². The van der Waals surface area contributed by atoms with Crippen LogP contribution in [0.1, 0.15) is 16.7 Å². The van der Waals surface area contributed by atoms with Crippen molar-refractivity contribution < 1.29 is 14.3 Å². The van der Waals surface area contributed by atoms with Crippen molar-refractivity contribution in [3.8, 4) is 11.5 Å². The summed E-state index contributed by atoms with van der Waals surface area (Å²) < 4.78 is 11.1. The zero-order valence-corrected chi connectivity index (χ0v) is 12.7. The lowest BCUT2D eigenvalue weighted by Gasteiger charge is -2.11. The summed E-state index contributed by atoms with van der Waals surface area (Å²) in [6.07, 6.45) is 2.94. The minimum Gasteiger partial charge on any atom is -0.493 e. The van der Waals surface area contributed by atoms with Gasteiger partial charge >= 0.3 is 0 Å². The van der Waals surface area contributed by atoms with Crippen LogP contribution in [0.4, 0.5) is 0 Å². The second kappa shape index (κ2) is 7.31. The molecular formula is C18H19NO3. The fourth-order valence-electron chi connectivity index (χ4n) is 2.05. The second-order valence-electron chi connectivity index (χ2n) is 4.92. The van der Waals surface area contributed by atoms with E-state index < -0.39 is 5.91 Å². The first-order chi connectivity index (χ1) is 10.6. The monoisotopic (exact) mass is 297 g/mol. The average Bonchev–Trinajstić information content (AvgIpc) is 2.51. The second-order valence-corrected chi connectivity index (χ2v) is 4.92. The van der Waals surface area contributed by atoms with Crippen LogP contribution in [0.3, 0.4) is 0 Å². The van der Waals surface area contributed by atoms with Gasteiger partial charge in [0.25, 0.3) is 0 Å². The molecule has 2 aromatic rings. The lowest BCUT2D eigenvalue weighted by Crippen LogP contribution is -2.05. The number of primary amides is 1. The number of methoxy groups -OCH3 is 1. The first-order valence-corrected chi connectivity index (χ1v) is 6.92. The molecule has 0 spiro atoms. The van der Waals surface area contributed by atoms with Gasteiger partial charge in [-0.3, -0.25) is 4.79 Å². The van der Waals surface area contributed by atoms with Crippen molar-refractivity contribution in [2.24, 2.45) is 5.73 Å². The first kappa shape index (κ1) is 15.6. The van der Waals surface area contributed by atoms with Crippen LogP contribution in [0.15, 0.2) is 48.5 Å². The molecule has 0 aliphatic carbocycles. The highest BCUT2D eigenvalue weighted by atomic mass is 16.5. The van der Waals surface area contributed by atoms with Gasteiger partial charge in [0.1, 0.15) is 6.61 Å². The van der Waals surface area contributed by atoms with Crippen LogP contribution in [0.25, 0.3) is 6.08 Å². The Hall–Kier alpha value is -2.75. The van der Waals surface area contributed by atoms with Crippen molar-refractivity contribution in [3.05, 3.63) is 65.2 Å².